The second-order valence-electron chi connectivity index (χ2n) is 6.52. The number of carbonyl (C=O) groups excluding carboxylic acids is 1. The Morgan fingerprint density at radius 3 is 2.67 bits per heavy atom. The fourth-order valence-electron chi connectivity index (χ4n) is 3.41. The van der Waals surface area contributed by atoms with Crippen LogP contribution in [0.25, 0.3) is 0 Å². The van der Waals surface area contributed by atoms with Crippen LogP contribution in [0.2, 0.25) is 0 Å². The fraction of sp³-hybridized carbons (Fsp3) is 0.933. The topological polar surface area (TPSA) is 66.5 Å². The minimum atomic E-state index is -2.95. The summed E-state index contributed by atoms with van der Waals surface area (Å²) in [6.45, 7) is 5.78. The van der Waals surface area contributed by atoms with Crippen molar-refractivity contribution in [2.75, 3.05) is 24.6 Å². The highest BCUT2D eigenvalue weighted by atomic mass is 32.2. The molecule has 0 saturated carbocycles. The summed E-state index contributed by atoms with van der Waals surface area (Å²) >= 11 is 0. The third-order valence-corrected chi connectivity index (χ3v) is 6.41. The summed E-state index contributed by atoms with van der Waals surface area (Å²) in [5, 5.41) is 3.36. The average Bonchev–Trinajstić information content (AvgIpc) is 2.79. The number of amides is 1. The highest BCUT2D eigenvalue weighted by Gasteiger charge is 2.37. The monoisotopic (exact) mass is 316 g/mol. The van der Waals surface area contributed by atoms with E-state index in [-0.39, 0.29) is 29.4 Å². The van der Waals surface area contributed by atoms with Crippen molar-refractivity contribution in [3.63, 3.8) is 0 Å². The number of unbranched alkanes of at least 4 members (excludes halogenated alkanes) is 1. The maximum Gasteiger partial charge on any atom is 0.226 e. The normalized spacial score (nSPS) is 32.0. The zero-order valence-corrected chi connectivity index (χ0v) is 14.0. The van der Waals surface area contributed by atoms with Crippen LogP contribution in [0, 0.1) is 5.92 Å². The van der Waals surface area contributed by atoms with E-state index in [0.29, 0.717) is 19.0 Å². The molecular weight excluding hydrogens is 288 g/mol. The van der Waals surface area contributed by atoms with Crippen LogP contribution in [-0.4, -0.2) is 55.9 Å². The van der Waals surface area contributed by atoms with Gasteiger partial charge in [0.1, 0.15) is 0 Å². The average molecular weight is 316 g/mol. The van der Waals surface area contributed by atoms with Crippen molar-refractivity contribution in [3.05, 3.63) is 0 Å². The van der Waals surface area contributed by atoms with Crippen molar-refractivity contribution in [3.8, 4) is 0 Å². The van der Waals surface area contributed by atoms with Gasteiger partial charge in [-0.2, -0.15) is 0 Å². The van der Waals surface area contributed by atoms with Crippen molar-refractivity contribution >= 4 is 15.7 Å². The van der Waals surface area contributed by atoms with E-state index in [4.69, 9.17) is 0 Å². The molecule has 3 unspecified atom stereocenters. The molecule has 5 nitrogen and oxygen atoms in total. The van der Waals surface area contributed by atoms with E-state index in [1.54, 1.807) is 0 Å². The molecule has 0 spiro atoms. The Hall–Kier alpha value is -0.620. The molecule has 0 bridgehead atoms. The number of sulfone groups is 1. The lowest BCUT2D eigenvalue weighted by atomic mass is 9.91. The highest BCUT2D eigenvalue weighted by Crippen LogP contribution is 2.24. The lowest BCUT2D eigenvalue weighted by Crippen LogP contribution is -2.48. The third-order valence-electron chi connectivity index (χ3n) is 4.66. The molecule has 122 valence electrons. The Balaban J connectivity index is 2.06. The molecule has 2 aliphatic rings. The Kier molecular flexibility index (Phi) is 5.66. The van der Waals surface area contributed by atoms with Gasteiger partial charge in [0.15, 0.2) is 9.84 Å². The van der Waals surface area contributed by atoms with Crippen LogP contribution >= 0.6 is 0 Å². The van der Waals surface area contributed by atoms with Gasteiger partial charge < -0.3 is 10.2 Å². The van der Waals surface area contributed by atoms with Crippen molar-refractivity contribution < 1.29 is 13.2 Å². The third kappa shape index (κ3) is 4.42. The van der Waals surface area contributed by atoms with Gasteiger partial charge in [0.05, 0.1) is 11.5 Å². The molecule has 6 heteroatoms. The van der Waals surface area contributed by atoms with E-state index in [1.165, 1.54) is 0 Å². The number of hydrogen-bond acceptors (Lipinski definition) is 4. The summed E-state index contributed by atoms with van der Waals surface area (Å²) < 4.78 is 23.4. The number of rotatable bonds is 5. The van der Waals surface area contributed by atoms with Crippen LogP contribution in [-0.2, 0) is 14.6 Å². The van der Waals surface area contributed by atoms with Crippen molar-refractivity contribution in [2.24, 2.45) is 5.92 Å². The summed E-state index contributed by atoms with van der Waals surface area (Å²) in [5.74, 6) is 0.624. The largest absolute Gasteiger partial charge is 0.338 e. The van der Waals surface area contributed by atoms with Gasteiger partial charge in [-0.3, -0.25) is 4.79 Å². The molecule has 2 aliphatic heterocycles. The molecule has 2 rings (SSSR count). The van der Waals surface area contributed by atoms with E-state index in [1.807, 2.05) is 4.90 Å². The van der Waals surface area contributed by atoms with Gasteiger partial charge in [0.2, 0.25) is 5.91 Å². The Bertz CT molecular complexity index is 464. The summed E-state index contributed by atoms with van der Waals surface area (Å²) in [4.78, 5) is 14.7. The van der Waals surface area contributed by atoms with Crippen LogP contribution < -0.4 is 5.32 Å². The van der Waals surface area contributed by atoms with E-state index in [0.717, 1.165) is 32.2 Å². The summed E-state index contributed by atoms with van der Waals surface area (Å²) in [5.41, 5.74) is 0. The molecule has 21 heavy (non-hydrogen) atoms. The fourth-order valence-corrected chi connectivity index (χ4v) is 5.14. The first-order chi connectivity index (χ1) is 9.93. The lowest BCUT2D eigenvalue weighted by Gasteiger charge is -2.35. The zero-order chi connectivity index (χ0) is 15.5. The van der Waals surface area contributed by atoms with Crippen LogP contribution in [0.15, 0.2) is 0 Å². The van der Waals surface area contributed by atoms with Gasteiger partial charge in [-0.1, -0.05) is 13.3 Å². The molecule has 3 atom stereocenters. The number of hydrogen-bond donors (Lipinski definition) is 1. The van der Waals surface area contributed by atoms with E-state index >= 15 is 0 Å². The van der Waals surface area contributed by atoms with E-state index in [9.17, 15) is 13.2 Å². The molecule has 0 aliphatic carbocycles. The molecule has 0 aromatic carbocycles. The van der Waals surface area contributed by atoms with Crippen LogP contribution in [0.4, 0.5) is 0 Å². The first kappa shape index (κ1) is 16.7. The molecule has 1 N–H and O–H groups in total. The van der Waals surface area contributed by atoms with E-state index in [2.05, 4.69) is 19.2 Å². The zero-order valence-electron chi connectivity index (χ0n) is 13.2. The maximum atomic E-state index is 12.9. The minimum Gasteiger partial charge on any atom is -0.338 e. The highest BCUT2D eigenvalue weighted by molar-refractivity contribution is 7.91. The summed E-state index contributed by atoms with van der Waals surface area (Å²) in [6.07, 6.45) is 4.30. The molecule has 0 radical (unpaired) electrons. The van der Waals surface area contributed by atoms with Gasteiger partial charge >= 0.3 is 0 Å². The Labute approximate surface area is 128 Å². The molecule has 0 aromatic heterocycles. The molecular formula is C15H28N2O3S. The maximum absolute atomic E-state index is 12.9. The molecule has 2 heterocycles. The van der Waals surface area contributed by atoms with Crippen molar-refractivity contribution in [1.29, 1.82) is 0 Å². The molecule has 2 saturated heterocycles. The number of carbonyl (C=O) groups is 1. The van der Waals surface area contributed by atoms with Gasteiger partial charge in [-0.15, -0.1) is 0 Å². The predicted octanol–water partition coefficient (Wildman–Crippen LogP) is 1.19. The van der Waals surface area contributed by atoms with E-state index < -0.39 is 9.84 Å². The van der Waals surface area contributed by atoms with Crippen LogP contribution in [0.1, 0.15) is 46.0 Å². The number of nitrogens with one attached hydrogen (secondary N) is 1. The number of nitrogens with zero attached hydrogens (tertiary/aromatic N) is 1. The first-order valence-electron chi connectivity index (χ1n) is 8.17. The Morgan fingerprint density at radius 2 is 2.10 bits per heavy atom. The second-order valence-corrected chi connectivity index (χ2v) is 8.75. The predicted molar refractivity (Wildman–Crippen MR) is 83.9 cm³/mol. The molecule has 1 amide bonds. The van der Waals surface area contributed by atoms with Crippen LogP contribution in [0.3, 0.4) is 0 Å². The van der Waals surface area contributed by atoms with Gasteiger partial charge in [-0.05, 0) is 39.2 Å². The van der Waals surface area contributed by atoms with Gasteiger partial charge in [0, 0.05) is 24.5 Å². The molecule has 0 aromatic rings. The smallest absolute Gasteiger partial charge is 0.226 e. The molecule has 2 fully saturated rings. The Morgan fingerprint density at radius 1 is 1.33 bits per heavy atom. The summed E-state index contributed by atoms with van der Waals surface area (Å²) in [6, 6.07) is 0.271. The minimum absolute atomic E-state index is 0.0569. The van der Waals surface area contributed by atoms with Crippen molar-refractivity contribution in [2.45, 2.75) is 58.0 Å². The SMILES string of the molecule is CCCCN(C(=O)C1CCNC(C)C1)C1CCS(=O)(=O)C1. The lowest BCUT2D eigenvalue weighted by molar-refractivity contribution is -0.138. The van der Waals surface area contributed by atoms with Gasteiger partial charge in [-0.25, -0.2) is 8.42 Å². The number of piperidine rings is 1. The van der Waals surface area contributed by atoms with Crippen LogP contribution in [0.5, 0.6) is 0 Å². The quantitative estimate of drug-likeness (QED) is 0.827. The second kappa shape index (κ2) is 7.09. The summed E-state index contributed by atoms with van der Waals surface area (Å²) in [7, 11) is -2.95. The van der Waals surface area contributed by atoms with Crippen molar-refractivity contribution in [1.82, 2.24) is 10.2 Å². The van der Waals surface area contributed by atoms with Gasteiger partial charge in [0.25, 0.3) is 0 Å². The standard InChI is InChI=1S/C15H28N2O3S/c1-3-4-8-17(14-6-9-21(19,20)11-14)15(18)13-5-7-16-12(2)10-13/h12-14,16H,3-11H2,1-2H3. The first-order valence-corrected chi connectivity index (χ1v) is 9.99.